The first kappa shape index (κ1) is 15.7. The number of aliphatic carboxylic acids is 1. The molecule has 20 heavy (non-hydrogen) atoms. The van der Waals surface area contributed by atoms with Gasteiger partial charge in [0.25, 0.3) is 5.91 Å². The molecule has 0 fully saturated rings. The monoisotopic (exact) mass is 278 g/mol. The van der Waals surface area contributed by atoms with Gasteiger partial charge in [0, 0.05) is 12.0 Å². The van der Waals surface area contributed by atoms with Gasteiger partial charge in [-0.2, -0.15) is 0 Å². The number of nitrogens with one attached hydrogen (secondary N) is 1. The minimum Gasteiger partial charge on any atom is -0.481 e. The van der Waals surface area contributed by atoms with E-state index in [1.807, 2.05) is 19.9 Å². The first-order valence-electron chi connectivity index (χ1n) is 6.20. The van der Waals surface area contributed by atoms with Gasteiger partial charge in [0.05, 0.1) is 0 Å². The molecule has 0 bridgehead atoms. The molecular formula is C14H18N2O4. The first-order chi connectivity index (χ1) is 9.29. The number of carboxylic acids is 1. The molecule has 1 aromatic carbocycles. The smallest absolute Gasteiger partial charge is 0.303 e. The van der Waals surface area contributed by atoms with Crippen LogP contribution in [0, 0.1) is 13.8 Å². The van der Waals surface area contributed by atoms with E-state index in [2.05, 4.69) is 5.32 Å². The summed E-state index contributed by atoms with van der Waals surface area (Å²) in [5, 5.41) is 11.1. The fraction of sp³-hybridized carbons (Fsp3) is 0.357. The third-order valence-corrected chi connectivity index (χ3v) is 2.78. The van der Waals surface area contributed by atoms with Crippen molar-refractivity contribution in [1.82, 2.24) is 5.32 Å². The van der Waals surface area contributed by atoms with Crippen LogP contribution in [0.2, 0.25) is 0 Å². The zero-order valence-electron chi connectivity index (χ0n) is 11.5. The molecular weight excluding hydrogens is 260 g/mol. The lowest BCUT2D eigenvalue weighted by Crippen LogP contribution is -2.44. The number of aryl methyl sites for hydroxylation is 2. The molecule has 0 spiro atoms. The molecule has 1 aromatic rings. The topological polar surface area (TPSA) is 109 Å². The second kappa shape index (κ2) is 6.70. The molecule has 6 nitrogen and oxygen atoms in total. The summed E-state index contributed by atoms with van der Waals surface area (Å²) in [7, 11) is 0. The highest BCUT2D eigenvalue weighted by Gasteiger charge is 2.20. The number of carboxylic acid groups (broad SMARTS) is 1. The summed E-state index contributed by atoms with van der Waals surface area (Å²) >= 11 is 0. The highest BCUT2D eigenvalue weighted by atomic mass is 16.4. The Labute approximate surface area is 117 Å². The van der Waals surface area contributed by atoms with Crippen LogP contribution in [0.4, 0.5) is 0 Å². The zero-order chi connectivity index (χ0) is 15.3. The molecule has 0 aliphatic heterocycles. The van der Waals surface area contributed by atoms with E-state index in [1.165, 1.54) is 0 Å². The Hall–Kier alpha value is -2.37. The van der Waals surface area contributed by atoms with E-state index in [0.717, 1.165) is 11.1 Å². The Morgan fingerprint density at radius 2 is 1.75 bits per heavy atom. The minimum absolute atomic E-state index is 0.0266. The summed E-state index contributed by atoms with van der Waals surface area (Å²) in [6, 6.07) is 4.32. The second-order valence-electron chi connectivity index (χ2n) is 4.74. The molecule has 0 aliphatic carbocycles. The molecule has 1 atom stereocenters. The van der Waals surface area contributed by atoms with Crippen molar-refractivity contribution in [2.75, 3.05) is 0 Å². The summed E-state index contributed by atoms with van der Waals surface area (Å²) in [6.45, 7) is 3.72. The van der Waals surface area contributed by atoms with Crippen molar-refractivity contribution in [1.29, 1.82) is 0 Å². The van der Waals surface area contributed by atoms with Crippen LogP contribution in [0.15, 0.2) is 18.2 Å². The number of benzene rings is 1. The second-order valence-corrected chi connectivity index (χ2v) is 4.74. The van der Waals surface area contributed by atoms with E-state index in [1.54, 1.807) is 12.1 Å². The van der Waals surface area contributed by atoms with Gasteiger partial charge in [0.2, 0.25) is 5.91 Å². The van der Waals surface area contributed by atoms with Crippen LogP contribution in [0.5, 0.6) is 0 Å². The molecule has 2 amide bonds. The van der Waals surface area contributed by atoms with Crippen LogP contribution >= 0.6 is 0 Å². The quantitative estimate of drug-likeness (QED) is 0.713. The van der Waals surface area contributed by atoms with E-state index in [-0.39, 0.29) is 12.8 Å². The van der Waals surface area contributed by atoms with Gasteiger partial charge in [-0.15, -0.1) is 0 Å². The van der Waals surface area contributed by atoms with Gasteiger partial charge in [-0.05, 0) is 32.4 Å². The van der Waals surface area contributed by atoms with E-state index in [0.29, 0.717) is 5.56 Å². The molecule has 0 aromatic heterocycles. The normalized spacial score (nSPS) is 11.7. The van der Waals surface area contributed by atoms with Gasteiger partial charge >= 0.3 is 5.97 Å². The standard InChI is InChI=1S/C14H18N2O4/c1-8-5-9(2)7-10(6-8)14(20)16-11(13(15)19)3-4-12(17)18/h5-7,11H,3-4H2,1-2H3,(H2,15,19)(H,16,20)(H,17,18)/t11-/m0/s1. The van der Waals surface area contributed by atoms with Crippen molar-refractivity contribution in [3.8, 4) is 0 Å². The third-order valence-electron chi connectivity index (χ3n) is 2.78. The fourth-order valence-corrected chi connectivity index (χ4v) is 1.90. The number of primary amides is 1. The predicted molar refractivity (Wildman–Crippen MR) is 73.2 cm³/mol. The van der Waals surface area contributed by atoms with Gasteiger partial charge in [0.15, 0.2) is 0 Å². The molecule has 0 heterocycles. The molecule has 0 radical (unpaired) electrons. The van der Waals surface area contributed by atoms with Crippen molar-refractivity contribution in [2.45, 2.75) is 32.7 Å². The molecule has 0 saturated carbocycles. The predicted octanol–water partition coefficient (Wildman–Crippen LogP) is 0.752. The maximum atomic E-state index is 12.0. The van der Waals surface area contributed by atoms with Crippen LogP contribution < -0.4 is 11.1 Å². The van der Waals surface area contributed by atoms with Gasteiger partial charge in [0.1, 0.15) is 6.04 Å². The van der Waals surface area contributed by atoms with Crippen LogP contribution in [0.1, 0.15) is 34.3 Å². The summed E-state index contributed by atoms with van der Waals surface area (Å²) in [6.07, 6.45) is -0.262. The Bertz CT molecular complexity index is 520. The Kier molecular flexibility index (Phi) is 5.25. The number of carbonyl (C=O) groups excluding carboxylic acids is 2. The molecule has 0 unspecified atom stereocenters. The average molecular weight is 278 g/mol. The van der Waals surface area contributed by atoms with Crippen molar-refractivity contribution in [2.24, 2.45) is 5.73 Å². The van der Waals surface area contributed by atoms with E-state index < -0.39 is 23.8 Å². The fourth-order valence-electron chi connectivity index (χ4n) is 1.90. The summed E-state index contributed by atoms with van der Waals surface area (Å²) < 4.78 is 0. The maximum Gasteiger partial charge on any atom is 0.303 e. The molecule has 4 N–H and O–H groups in total. The lowest BCUT2D eigenvalue weighted by molar-refractivity contribution is -0.137. The highest BCUT2D eigenvalue weighted by molar-refractivity contribution is 5.97. The molecule has 1 rings (SSSR count). The van der Waals surface area contributed by atoms with Crippen molar-refractivity contribution in [3.05, 3.63) is 34.9 Å². The maximum absolute atomic E-state index is 12.0. The Morgan fingerprint density at radius 1 is 1.20 bits per heavy atom. The minimum atomic E-state index is -1.04. The van der Waals surface area contributed by atoms with E-state index in [9.17, 15) is 14.4 Å². The van der Waals surface area contributed by atoms with Crippen molar-refractivity contribution in [3.63, 3.8) is 0 Å². The number of nitrogens with two attached hydrogens (primary N) is 1. The number of carbonyl (C=O) groups is 3. The van der Waals surface area contributed by atoms with Crippen molar-refractivity contribution >= 4 is 17.8 Å². The first-order valence-corrected chi connectivity index (χ1v) is 6.20. The SMILES string of the molecule is Cc1cc(C)cc(C(=O)N[C@@H](CCC(=O)O)C(N)=O)c1. The van der Waals surface area contributed by atoms with Gasteiger partial charge in [-0.25, -0.2) is 0 Å². The van der Waals surface area contributed by atoms with Crippen molar-refractivity contribution < 1.29 is 19.5 Å². The highest BCUT2D eigenvalue weighted by Crippen LogP contribution is 2.09. The number of rotatable bonds is 6. The Balaban J connectivity index is 2.79. The average Bonchev–Trinajstić information content (AvgIpc) is 2.32. The van der Waals surface area contributed by atoms with Gasteiger partial charge < -0.3 is 16.2 Å². The van der Waals surface area contributed by atoms with Crippen LogP contribution in [-0.2, 0) is 9.59 Å². The molecule has 6 heteroatoms. The summed E-state index contributed by atoms with van der Waals surface area (Å²) in [5.41, 5.74) is 7.44. The number of amides is 2. The number of hydrogen-bond acceptors (Lipinski definition) is 3. The third kappa shape index (κ3) is 4.72. The lowest BCUT2D eigenvalue weighted by Gasteiger charge is -2.15. The molecule has 0 aliphatic rings. The van der Waals surface area contributed by atoms with Crippen LogP contribution in [-0.4, -0.2) is 28.9 Å². The number of hydrogen-bond donors (Lipinski definition) is 3. The Morgan fingerprint density at radius 3 is 2.20 bits per heavy atom. The van der Waals surface area contributed by atoms with Crippen LogP contribution in [0.3, 0.4) is 0 Å². The molecule has 108 valence electrons. The molecule has 0 saturated heterocycles. The largest absolute Gasteiger partial charge is 0.481 e. The van der Waals surface area contributed by atoms with Gasteiger partial charge in [-0.3, -0.25) is 14.4 Å². The van der Waals surface area contributed by atoms with Crippen LogP contribution in [0.25, 0.3) is 0 Å². The van der Waals surface area contributed by atoms with E-state index in [4.69, 9.17) is 10.8 Å². The lowest BCUT2D eigenvalue weighted by atomic mass is 10.1. The van der Waals surface area contributed by atoms with E-state index >= 15 is 0 Å². The van der Waals surface area contributed by atoms with Gasteiger partial charge in [-0.1, -0.05) is 17.2 Å². The summed E-state index contributed by atoms with van der Waals surface area (Å²) in [4.78, 5) is 33.8. The summed E-state index contributed by atoms with van der Waals surface area (Å²) in [5.74, 6) is -2.23. The zero-order valence-corrected chi connectivity index (χ0v) is 11.5.